The Morgan fingerprint density at radius 2 is 1.48 bits per heavy atom. The number of hydrogen-bond acceptors (Lipinski definition) is 5. The summed E-state index contributed by atoms with van der Waals surface area (Å²) in [5.74, 6) is -1.26. The fraction of sp³-hybridized carbons (Fsp3) is 0.120. The molecular formula is C25H24N4O4. The van der Waals surface area contributed by atoms with E-state index in [4.69, 9.17) is 4.74 Å². The van der Waals surface area contributed by atoms with E-state index in [9.17, 15) is 14.4 Å². The number of hydrazone groups is 1. The zero-order chi connectivity index (χ0) is 23.6. The summed E-state index contributed by atoms with van der Waals surface area (Å²) in [6.07, 6.45) is 1.43. The van der Waals surface area contributed by atoms with Crippen LogP contribution in [0.5, 0.6) is 5.75 Å². The van der Waals surface area contributed by atoms with E-state index in [1.54, 1.807) is 48.5 Å². The van der Waals surface area contributed by atoms with Gasteiger partial charge < -0.3 is 15.4 Å². The smallest absolute Gasteiger partial charge is 0.329 e. The number of nitrogens with zero attached hydrogens (tertiary/aromatic N) is 1. The van der Waals surface area contributed by atoms with Crippen LogP contribution in [0.25, 0.3) is 0 Å². The van der Waals surface area contributed by atoms with Gasteiger partial charge in [0, 0.05) is 18.3 Å². The Labute approximate surface area is 191 Å². The van der Waals surface area contributed by atoms with E-state index >= 15 is 0 Å². The molecule has 0 saturated heterocycles. The van der Waals surface area contributed by atoms with Gasteiger partial charge in [-0.2, -0.15) is 5.10 Å². The lowest BCUT2D eigenvalue weighted by atomic mass is 10.1. The van der Waals surface area contributed by atoms with Gasteiger partial charge in [0.05, 0.1) is 6.21 Å². The molecule has 0 aromatic heterocycles. The summed E-state index contributed by atoms with van der Waals surface area (Å²) in [6.45, 7) is 3.91. The number of carbonyl (C=O) groups is 3. The first-order chi connectivity index (χ1) is 15.9. The summed E-state index contributed by atoms with van der Waals surface area (Å²) in [5, 5.41) is 8.88. The van der Waals surface area contributed by atoms with Crippen molar-refractivity contribution in [1.29, 1.82) is 0 Å². The van der Waals surface area contributed by atoms with Gasteiger partial charge in [-0.15, -0.1) is 0 Å². The monoisotopic (exact) mass is 444 g/mol. The lowest BCUT2D eigenvalue weighted by molar-refractivity contribution is -0.136. The molecule has 0 atom stereocenters. The molecule has 0 aliphatic carbocycles. The number of aryl methyl sites for hydroxylation is 1. The standard InChI is InChI=1S/C25H24N4O4/c1-17-5-3-4-6-20(17)16-33-23-13-7-19(8-14-23)15-26-29-25(32)24(31)28-22-11-9-21(10-12-22)27-18(2)30/h3-15H,16H2,1-2H3,(H,27,30)(H,28,31)(H,29,32). The second kappa shape index (κ2) is 11.2. The Bertz CT molecular complexity index is 1160. The third-order valence-electron chi connectivity index (χ3n) is 4.58. The summed E-state index contributed by atoms with van der Waals surface area (Å²) < 4.78 is 5.80. The lowest BCUT2D eigenvalue weighted by Gasteiger charge is -2.08. The van der Waals surface area contributed by atoms with Gasteiger partial charge in [-0.1, -0.05) is 24.3 Å². The van der Waals surface area contributed by atoms with E-state index in [1.807, 2.05) is 31.2 Å². The molecule has 0 unspecified atom stereocenters. The van der Waals surface area contributed by atoms with Crippen molar-refractivity contribution in [3.63, 3.8) is 0 Å². The minimum absolute atomic E-state index is 0.201. The molecule has 0 aliphatic heterocycles. The van der Waals surface area contributed by atoms with Crippen molar-refractivity contribution in [1.82, 2.24) is 5.43 Å². The third-order valence-corrected chi connectivity index (χ3v) is 4.58. The molecule has 8 heteroatoms. The van der Waals surface area contributed by atoms with Crippen LogP contribution in [-0.4, -0.2) is 23.9 Å². The highest BCUT2D eigenvalue weighted by molar-refractivity contribution is 6.39. The van der Waals surface area contributed by atoms with Crippen LogP contribution in [0.15, 0.2) is 77.9 Å². The Hall–Kier alpha value is -4.46. The average molecular weight is 444 g/mol. The molecular weight excluding hydrogens is 420 g/mol. The number of ether oxygens (including phenoxy) is 1. The molecule has 0 saturated carbocycles. The minimum Gasteiger partial charge on any atom is -0.489 e. The first-order valence-electron chi connectivity index (χ1n) is 10.2. The van der Waals surface area contributed by atoms with E-state index in [2.05, 4.69) is 21.2 Å². The van der Waals surface area contributed by atoms with Crippen LogP contribution in [-0.2, 0) is 21.0 Å². The molecule has 8 nitrogen and oxygen atoms in total. The first-order valence-corrected chi connectivity index (χ1v) is 10.2. The zero-order valence-corrected chi connectivity index (χ0v) is 18.3. The fourth-order valence-corrected chi connectivity index (χ4v) is 2.83. The number of rotatable bonds is 7. The lowest BCUT2D eigenvalue weighted by Crippen LogP contribution is -2.32. The quantitative estimate of drug-likeness (QED) is 0.294. The highest BCUT2D eigenvalue weighted by Crippen LogP contribution is 2.15. The van der Waals surface area contributed by atoms with Crippen LogP contribution < -0.4 is 20.8 Å². The van der Waals surface area contributed by atoms with E-state index < -0.39 is 11.8 Å². The van der Waals surface area contributed by atoms with Crippen LogP contribution in [0.3, 0.4) is 0 Å². The maximum Gasteiger partial charge on any atom is 0.329 e. The van der Waals surface area contributed by atoms with Crippen molar-refractivity contribution in [2.45, 2.75) is 20.5 Å². The van der Waals surface area contributed by atoms with Crippen molar-refractivity contribution in [2.24, 2.45) is 5.10 Å². The Morgan fingerprint density at radius 3 is 2.12 bits per heavy atom. The van der Waals surface area contributed by atoms with E-state index in [1.165, 1.54) is 18.7 Å². The topological polar surface area (TPSA) is 109 Å². The summed E-state index contributed by atoms with van der Waals surface area (Å²) in [7, 11) is 0. The number of anilines is 2. The molecule has 3 aromatic carbocycles. The molecule has 3 N–H and O–H groups in total. The van der Waals surface area contributed by atoms with Crippen LogP contribution in [0.1, 0.15) is 23.6 Å². The van der Waals surface area contributed by atoms with Crippen molar-refractivity contribution in [2.75, 3.05) is 10.6 Å². The predicted octanol–water partition coefficient (Wildman–Crippen LogP) is 3.62. The van der Waals surface area contributed by atoms with Crippen molar-refractivity contribution >= 4 is 35.3 Å². The molecule has 0 bridgehead atoms. The molecule has 33 heavy (non-hydrogen) atoms. The molecule has 3 rings (SSSR count). The van der Waals surface area contributed by atoms with Gasteiger partial charge in [0.2, 0.25) is 5.91 Å². The van der Waals surface area contributed by atoms with E-state index in [-0.39, 0.29) is 5.91 Å². The molecule has 0 fully saturated rings. The van der Waals surface area contributed by atoms with Crippen molar-refractivity contribution < 1.29 is 19.1 Å². The van der Waals surface area contributed by atoms with Crippen LogP contribution >= 0.6 is 0 Å². The number of nitrogens with one attached hydrogen (secondary N) is 3. The normalized spacial score (nSPS) is 10.5. The van der Waals surface area contributed by atoms with Gasteiger partial charge in [-0.25, -0.2) is 5.43 Å². The highest BCUT2D eigenvalue weighted by Gasteiger charge is 2.12. The maximum absolute atomic E-state index is 12.0. The van der Waals surface area contributed by atoms with Crippen LogP contribution in [0.4, 0.5) is 11.4 Å². The number of carbonyl (C=O) groups excluding carboxylic acids is 3. The molecule has 0 spiro atoms. The molecule has 3 amide bonds. The summed E-state index contributed by atoms with van der Waals surface area (Å²) in [4.78, 5) is 35.0. The fourth-order valence-electron chi connectivity index (χ4n) is 2.83. The molecule has 3 aromatic rings. The third kappa shape index (κ3) is 7.32. The number of hydrogen-bond donors (Lipinski definition) is 3. The predicted molar refractivity (Wildman–Crippen MR) is 127 cm³/mol. The maximum atomic E-state index is 12.0. The molecule has 0 heterocycles. The van der Waals surface area contributed by atoms with Gasteiger partial charge in [0.15, 0.2) is 0 Å². The number of benzene rings is 3. The van der Waals surface area contributed by atoms with E-state index in [0.717, 1.165) is 11.1 Å². The number of amides is 3. The Balaban J connectivity index is 1.45. The summed E-state index contributed by atoms with van der Waals surface area (Å²) in [6, 6.07) is 21.6. The minimum atomic E-state index is -0.907. The van der Waals surface area contributed by atoms with Gasteiger partial charge in [-0.3, -0.25) is 14.4 Å². The second-order valence-corrected chi connectivity index (χ2v) is 7.20. The molecule has 168 valence electrons. The molecule has 0 radical (unpaired) electrons. The molecule has 0 aliphatic rings. The second-order valence-electron chi connectivity index (χ2n) is 7.20. The largest absolute Gasteiger partial charge is 0.489 e. The summed E-state index contributed by atoms with van der Waals surface area (Å²) in [5.41, 5.74) is 6.20. The highest BCUT2D eigenvalue weighted by atomic mass is 16.5. The van der Waals surface area contributed by atoms with Crippen LogP contribution in [0.2, 0.25) is 0 Å². The summed E-state index contributed by atoms with van der Waals surface area (Å²) >= 11 is 0. The van der Waals surface area contributed by atoms with Gasteiger partial charge >= 0.3 is 11.8 Å². The van der Waals surface area contributed by atoms with Gasteiger partial charge in [-0.05, 0) is 72.1 Å². The van der Waals surface area contributed by atoms with Gasteiger partial charge in [0.1, 0.15) is 12.4 Å². The van der Waals surface area contributed by atoms with Gasteiger partial charge in [0.25, 0.3) is 0 Å². The van der Waals surface area contributed by atoms with Crippen molar-refractivity contribution in [3.05, 3.63) is 89.5 Å². The van der Waals surface area contributed by atoms with E-state index in [0.29, 0.717) is 23.7 Å². The Morgan fingerprint density at radius 1 is 0.848 bits per heavy atom. The van der Waals surface area contributed by atoms with Crippen LogP contribution in [0, 0.1) is 6.92 Å². The first kappa shape index (κ1) is 23.2. The Kier molecular flexibility index (Phi) is 7.91. The van der Waals surface area contributed by atoms with Crippen molar-refractivity contribution in [3.8, 4) is 5.75 Å². The SMILES string of the molecule is CC(=O)Nc1ccc(NC(=O)C(=O)NN=Cc2ccc(OCc3ccccc3C)cc2)cc1. The average Bonchev–Trinajstić information content (AvgIpc) is 2.80. The zero-order valence-electron chi connectivity index (χ0n) is 18.3.